The topological polar surface area (TPSA) is 37.3 Å². The Bertz CT molecular complexity index is 323. The number of hydrogen-bond donors (Lipinski definition) is 1. The summed E-state index contributed by atoms with van der Waals surface area (Å²) in [6.45, 7) is 0. The maximum atomic E-state index is 10.9. The molecule has 14 heavy (non-hydrogen) atoms. The van der Waals surface area contributed by atoms with Crippen LogP contribution in [0.4, 0.5) is 0 Å². The lowest BCUT2D eigenvalue weighted by atomic mass is 9.78. The zero-order valence-corrected chi connectivity index (χ0v) is 8.02. The zero-order chi connectivity index (χ0) is 9.97. The van der Waals surface area contributed by atoms with Crippen LogP contribution in [-0.2, 0) is 4.79 Å². The summed E-state index contributed by atoms with van der Waals surface area (Å²) >= 11 is 0. The van der Waals surface area contributed by atoms with Gasteiger partial charge in [-0.15, -0.1) is 0 Å². The van der Waals surface area contributed by atoms with Crippen molar-refractivity contribution in [3.8, 4) is 0 Å². The number of aliphatic carboxylic acids is 1. The molecule has 0 bridgehead atoms. The quantitative estimate of drug-likeness (QED) is 0.690. The predicted molar refractivity (Wildman–Crippen MR) is 54.8 cm³/mol. The summed E-state index contributed by atoms with van der Waals surface area (Å²) in [4.78, 5) is 10.9. The molecule has 0 spiro atoms. The van der Waals surface area contributed by atoms with Crippen LogP contribution in [0.15, 0.2) is 36.0 Å². The maximum Gasteiger partial charge on any atom is 0.306 e. The third-order valence-electron chi connectivity index (χ3n) is 3.01. The molecule has 1 saturated carbocycles. The van der Waals surface area contributed by atoms with Gasteiger partial charge in [-0.05, 0) is 25.2 Å². The van der Waals surface area contributed by atoms with Crippen molar-refractivity contribution in [2.75, 3.05) is 0 Å². The van der Waals surface area contributed by atoms with Crippen molar-refractivity contribution in [2.24, 2.45) is 11.8 Å². The average molecular weight is 190 g/mol. The Morgan fingerprint density at radius 1 is 1.29 bits per heavy atom. The molecule has 2 unspecified atom stereocenters. The fraction of sp³-hybridized carbons (Fsp3) is 0.417. The average Bonchev–Trinajstić information content (AvgIpc) is 2.41. The van der Waals surface area contributed by atoms with Crippen molar-refractivity contribution >= 4 is 5.97 Å². The molecule has 2 nitrogen and oxygen atoms in total. The van der Waals surface area contributed by atoms with Crippen molar-refractivity contribution in [2.45, 2.75) is 19.3 Å². The third kappa shape index (κ3) is 1.79. The molecule has 2 heteroatoms. The zero-order valence-electron chi connectivity index (χ0n) is 8.02. The molecule has 2 atom stereocenters. The molecule has 2 aliphatic rings. The molecule has 0 amide bonds. The molecular formula is C12H14O2. The number of allylic oxidation sites excluding steroid dienone is 6. The number of carbonyl (C=O) groups is 1. The van der Waals surface area contributed by atoms with Crippen LogP contribution in [0.5, 0.6) is 0 Å². The lowest BCUT2D eigenvalue weighted by Gasteiger charge is -2.26. The van der Waals surface area contributed by atoms with E-state index in [-0.39, 0.29) is 5.92 Å². The molecule has 0 aromatic heterocycles. The van der Waals surface area contributed by atoms with E-state index in [2.05, 4.69) is 18.2 Å². The molecule has 0 aliphatic heterocycles. The van der Waals surface area contributed by atoms with Crippen LogP contribution < -0.4 is 0 Å². The van der Waals surface area contributed by atoms with Gasteiger partial charge in [0.1, 0.15) is 0 Å². The van der Waals surface area contributed by atoms with Crippen LogP contribution in [-0.4, -0.2) is 11.1 Å². The Balaban J connectivity index is 2.15. The highest BCUT2D eigenvalue weighted by Gasteiger charge is 2.28. The van der Waals surface area contributed by atoms with Gasteiger partial charge in [0, 0.05) is 0 Å². The van der Waals surface area contributed by atoms with E-state index in [1.165, 1.54) is 5.57 Å². The Kier molecular flexibility index (Phi) is 2.53. The van der Waals surface area contributed by atoms with Gasteiger partial charge in [-0.1, -0.05) is 36.0 Å². The molecule has 0 radical (unpaired) electrons. The molecule has 1 N–H and O–H groups in total. The highest BCUT2D eigenvalue weighted by atomic mass is 16.4. The van der Waals surface area contributed by atoms with Crippen molar-refractivity contribution < 1.29 is 9.90 Å². The van der Waals surface area contributed by atoms with Gasteiger partial charge < -0.3 is 5.11 Å². The van der Waals surface area contributed by atoms with Crippen LogP contribution in [0.3, 0.4) is 0 Å². The van der Waals surface area contributed by atoms with Gasteiger partial charge in [-0.25, -0.2) is 0 Å². The standard InChI is InChI=1S/C12H14O2/c13-12(14)11-7-6-9-4-2-1-3-5-10(9)8-11/h1-5,9,11H,6-8H2,(H,13,14). The highest BCUT2D eigenvalue weighted by Crippen LogP contribution is 2.35. The summed E-state index contributed by atoms with van der Waals surface area (Å²) in [5.41, 5.74) is 1.27. The summed E-state index contributed by atoms with van der Waals surface area (Å²) in [5.74, 6) is -0.348. The van der Waals surface area contributed by atoms with Crippen LogP contribution in [0, 0.1) is 11.8 Å². The second-order valence-electron chi connectivity index (χ2n) is 3.93. The van der Waals surface area contributed by atoms with Crippen LogP contribution in [0.1, 0.15) is 19.3 Å². The summed E-state index contributed by atoms with van der Waals surface area (Å²) in [6.07, 6.45) is 12.8. The van der Waals surface area contributed by atoms with E-state index in [4.69, 9.17) is 5.11 Å². The van der Waals surface area contributed by atoms with Gasteiger partial charge in [-0.2, -0.15) is 0 Å². The summed E-state index contributed by atoms with van der Waals surface area (Å²) < 4.78 is 0. The SMILES string of the molecule is O=C(O)C1CCC2C=CC=CC=C2C1. The lowest BCUT2D eigenvalue weighted by Crippen LogP contribution is -2.22. The predicted octanol–water partition coefficient (Wildman–Crippen LogP) is 2.54. The molecule has 0 saturated heterocycles. The van der Waals surface area contributed by atoms with Gasteiger partial charge in [0.05, 0.1) is 5.92 Å². The Labute approximate surface area is 83.6 Å². The smallest absolute Gasteiger partial charge is 0.306 e. The number of fused-ring (bicyclic) bond motifs is 1. The van der Waals surface area contributed by atoms with Crippen molar-refractivity contribution in [3.05, 3.63) is 36.0 Å². The Morgan fingerprint density at radius 2 is 2.14 bits per heavy atom. The third-order valence-corrected chi connectivity index (χ3v) is 3.01. The molecule has 0 aromatic rings. The van der Waals surface area contributed by atoms with E-state index in [0.29, 0.717) is 12.3 Å². The van der Waals surface area contributed by atoms with Gasteiger partial charge in [-0.3, -0.25) is 4.79 Å². The van der Waals surface area contributed by atoms with E-state index < -0.39 is 5.97 Å². The van der Waals surface area contributed by atoms with E-state index in [9.17, 15) is 4.79 Å². The van der Waals surface area contributed by atoms with E-state index >= 15 is 0 Å². The molecule has 0 aromatic carbocycles. The minimum absolute atomic E-state index is 0.169. The lowest BCUT2D eigenvalue weighted by molar-refractivity contribution is -0.142. The van der Waals surface area contributed by atoms with E-state index in [1.54, 1.807) is 0 Å². The number of rotatable bonds is 1. The van der Waals surface area contributed by atoms with Gasteiger partial charge in [0.25, 0.3) is 0 Å². The van der Waals surface area contributed by atoms with E-state index in [0.717, 1.165) is 12.8 Å². The first-order chi connectivity index (χ1) is 6.77. The Hall–Kier alpha value is -1.31. The second kappa shape index (κ2) is 3.82. The molecular weight excluding hydrogens is 176 g/mol. The summed E-state index contributed by atoms with van der Waals surface area (Å²) in [5, 5.41) is 8.94. The number of carboxylic acid groups (broad SMARTS) is 1. The minimum atomic E-state index is -0.651. The first kappa shape index (κ1) is 9.25. The first-order valence-electron chi connectivity index (χ1n) is 5.04. The molecule has 2 rings (SSSR count). The molecule has 0 heterocycles. The highest BCUT2D eigenvalue weighted by molar-refractivity contribution is 5.70. The van der Waals surface area contributed by atoms with Gasteiger partial charge in [0.15, 0.2) is 0 Å². The molecule has 2 aliphatic carbocycles. The largest absolute Gasteiger partial charge is 0.481 e. The summed E-state index contributed by atoms with van der Waals surface area (Å²) in [6, 6.07) is 0. The van der Waals surface area contributed by atoms with Crippen molar-refractivity contribution in [3.63, 3.8) is 0 Å². The van der Waals surface area contributed by atoms with Gasteiger partial charge >= 0.3 is 5.97 Å². The molecule has 1 fully saturated rings. The number of carboxylic acids is 1. The fourth-order valence-corrected chi connectivity index (χ4v) is 2.17. The monoisotopic (exact) mass is 190 g/mol. The maximum absolute atomic E-state index is 10.9. The first-order valence-corrected chi connectivity index (χ1v) is 5.04. The number of hydrogen-bond acceptors (Lipinski definition) is 1. The van der Waals surface area contributed by atoms with Crippen molar-refractivity contribution in [1.82, 2.24) is 0 Å². The van der Waals surface area contributed by atoms with E-state index in [1.807, 2.05) is 12.2 Å². The second-order valence-corrected chi connectivity index (χ2v) is 3.93. The Morgan fingerprint density at radius 3 is 2.93 bits per heavy atom. The fourth-order valence-electron chi connectivity index (χ4n) is 2.17. The minimum Gasteiger partial charge on any atom is -0.481 e. The molecule has 74 valence electrons. The van der Waals surface area contributed by atoms with Gasteiger partial charge in [0.2, 0.25) is 0 Å². The van der Waals surface area contributed by atoms with Crippen LogP contribution in [0.2, 0.25) is 0 Å². The van der Waals surface area contributed by atoms with Crippen LogP contribution >= 0.6 is 0 Å². The normalized spacial score (nSPS) is 30.4. The van der Waals surface area contributed by atoms with Crippen molar-refractivity contribution in [1.29, 1.82) is 0 Å². The summed E-state index contributed by atoms with van der Waals surface area (Å²) in [7, 11) is 0. The van der Waals surface area contributed by atoms with Crippen LogP contribution in [0.25, 0.3) is 0 Å².